The Morgan fingerprint density at radius 1 is 1.52 bits per heavy atom. The molecule has 0 aliphatic rings. The summed E-state index contributed by atoms with van der Waals surface area (Å²) < 4.78 is 1.72. The summed E-state index contributed by atoms with van der Waals surface area (Å²) in [4.78, 5) is 21.9. The zero-order valence-electron chi connectivity index (χ0n) is 11.2. The van der Waals surface area contributed by atoms with Gasteiger partial charge in [0.25, 0.3) is 5.91 Å². The van der Waals surface area contributed by atoms with Crippen LogP contribution in [-0.4, -0.2) is 37.2 Å². The maximum Gasteiger partial charge on any atom is 0.311 e. The molecule has 2 aromatic rings. The van der Waals surface area contributed by atoms with Crippen molar-refractivity contribution in [1.82, 2.24) is 20.1 Å². The Hall–Kier alpha value is -2.97. The number of nitrogens with zero attached hydrogens (tertiary/aromatic N) is 4. The Balaban J connectivity index is 2.02. The highest BCUT2D eigenvalue weighted by Gasteiger charge is 2.20. The summed E-state index contributed by atoms with van der Waals surface area (Å²) in [5.74, 6) is -0.532. The van der Waals surface area contributed by atoms with E-state index in [2.05, 4.69) is 15.5 Å². The lowest BCUT2D eigenvalue weighted by molar-refractivity contribution is -0.385. The third-order valence-electron chi connectivity index (χ3n) is 2.90. The van der Waals surface area contributed by atoms with Crippen LogP contribution in [-0.2, 0) is 13.5 Å². The molecule has 1 amide bonds. The molecule has 9 heteroatoms. The van der Waals surface area contributed by atoms with Crippen LogP contribution in [0.25, 0.3) is 0 Å². The van der Waals surface area contributed by atoms with Crippen molar-refractivity contribution in [1.29, 1.82) is 0 Å². The SMILES string of the molecule is Cn1cnnc1CCNC(=O)c1cccc([N+](=O)[O-])c1O. The average Bonchev–Trinajstić information content (AvgIpc) is 2.84. The standard InChI is InChI=1S/C12H13N5O4/c1-16-7-14-15-10(16)5-6-13-12(19)8-3-2-4-9(11(8)18)17(20)21/h2-4,7,18H,5-6H2,1H3,(H,13,19). The van der Waals surface area contributed by atoms with Crippen molar-refractivity contribution in [2.75, 3.05) is 6.54 Å². The van der Waals surface area contributed by atoms with Gasteiger partial charge < -0.3 is 15.0 Å². The summed E-state index contributed by atoms with van der Waals surface area (Å²) in [7, 11) is 1.78. The highest BCUT2D eigenvalue weighted by molar-refractivity contribution is 5.98. The number of aryl methyl sites for hydroxylation is 1. The number of hydrogen-bond acceptors (Lipinski definition) is 6. The normalized spacial score (nSPS) is 10.3. The lowest BCUT2D eigenvalue weighted by Crippen LogP contribution is -2.26. The molecule has 0 atom stereocenters. The number of aromatic hydroxyl groups is 1. The summed E-state index contributed by atoms with van der Waals surface area (Å²) in [6, 6.07) is 3.79. The van der Waals surface area contributed by atoms with Crippen molar-refractivity contribution in [2.45, 2.75) is 6.42 Å². The molecule has 1 aromatic carbocycles. The van der Waals surface area contributed by atoms with E-state index in [0.717, 1.165) is 6.07 Å². The molecular weight excluding hydrogens is 278 g/mol. The first-order valence-corrected chi connectivity index (χ1v) is 6.08. The van der Waals surface area contributed by atoms with Crippen LogP contribution in [0.1, 0.15) is 16.2 Å². The number of nitro benzene ring substituents is 1. The molecule has 0 spiro atoms. The minimum atomic E-state index is -0.744. The van der Waals surface area contributed by atoms with Gasteiger partial charge in [-0.1, -0.05) is 6.07 Å². The second-order valence-electron chi connectivity index (χ2n) is 4.29. The van der Waals surface area contributed by atoms with Crippen molar-refractivity contribution in [3.63, 3.8) is 0 Å². The maximum atomic E-state index is 11.9. The zero-order valence-corrected chi connectivity index (χ0v) is 11.2. The first-order valence-electron chi connectivity index (χ1n) is 6.08. The smallest absolute Gasteiger partial charge is 0.311 e. The van der Waals surface area contributed by atoms with Gasteiger partial charge in [-0.3, -0.25) is 14.9 Å². The van der Waals surface area contributed by atoms with Gasteiger partial charge in [0, 0.05) is 26.1 Å². The Morgan fingerprint density at radius 2 is 2.29 bits per heavy atom. The molecule has 1 aromatic heterocycles. The van der Waals surface area contributed by atoms with Crippen LogP contribution in [0.3, 0.4) is 0 Å². The minimum Gasteiger partial charge on any atom is -0.502 e. The van der Waals surface area contributed by atoms with E-state index in [4.69, 9.17) is 0 Å². The van der Waals surface area contributed by atoms with Gasteiger partial charge in [0.1, 0.15) is 12.2 Å². The number of para-hydroxylation sites is 1. The molecule has 0 saturated heterocycles. The van der Waals surface area contributed by atoms with Gasteiger partial charge in [-0.2, -0.15) is 0 Å². The fraction of sp³-hybridized carbons (Fsp3) is 0.250. The summed E-state index contributed by atoms with van der Waals surface area (Å²) in [6.45, 7) is 0.271. The van der Waals surface area contributed by atoms with Crippen LogP contribution in [0.15, 0.2) is 24.5 Å². The van der Waals surface area contributed by atoms with Crippen molar-refractivity contribution in [3.8, 4) is 5.75 Å². The first kappa shape index (κ1) is 14.4. The van der Waals surface area contributed by atoms with E-state index in [-0.39, 0.29) is 12.1 Å². The van der Waals surface area contributed by atoms with Crippen LogP contribution in [0.2, 0.25) is 0 Å². The Bertz CT molecular complexity index is 682. The van der Waals surface area contributed by atoms with E-state index < -0.39 is 22.3 Å². The van der Waals surface area contributed by atoms with Crippen molar-refractivity contribution in [3.05, 3.63) is 46.0 Å². The number of phenols is 1. The number of rotatable bonds is 5. The Labute approximate surface area is 119 Å². The number of benzene rings is 1. The van der Waals surface area contributed by atoms with Gasteiger partial charge in [0.05, 0.1) is 10.5 Å². The van der Waals surface area contributed by atoms with Crippen molar-refractivity contribution >= 4 is 11.6 Å². The fourth-order valence-electron chi connectivity index (χ4n) is 1.78. The molecule has 9 nitrogen and oxygen atoms in total. The van der Waals surface area contributed by atoms with Gasteiger partial charge in [0.15, 0.2) is 0 Å². The lowest BCUT2D eigenvalue weighted by atomic mass is 10.1. The van der Waals surface area contributed by atoms with E-state index in [1.54, 1.807) is 17.9 Å². The minimum absolute atomic E-state index is 0.137. The molecule has 110 valence electrons. The number of phenolic OH excluding ortho intramolecular Hbond substituents is 1. The first-order chi connectivity index (χ1) is 10.0. The third kappa shape index (κ3) is 3.14. The summed E-state index contributed by atoms with van der Waals surface area (Å²) in [6.07, 6.45) is 2.00. The molecule has 0 aliphatic heterocycles. The topological polar surface area (TPSA) is 123 Å². The third-order valence-corrected chi connectivity index (χ3v) is 2.90. The van der Waals surface area contributed by atoms with E-state index >= 15 is 0 Å². The predicted molar refractivity (Wildman–Crippen MR) is 71.8 cm³/mol. The Morgan fingerprint density at radius 3 is 2.90 bits per heavy atom. The molecule has 0 aliphatic carbocycles. The number of nitro groups is 1. The summed E-state index contributed by atoms with van der Waals surface area (Å²) in [5, 5.41) is 30.6. The van der Waals surface area contributed by atoms with Gasteiger partial charge in [-0.05, 0) is 6.07 Å². The van der Waals surface area contributed by atoms with Crippen LogP contribution in [0.5, 0.6) is 5.75 Å². The lowest BCUT2D eigenvalue weighted by Gasteiger charge is -2.06. The van der Waals surface area contributed by atoms with Crippen molar-refractivity contribution < 1.29 is 14.8 Å². The van der Waals surface area contributed by atoms with Crippen LogP contribution < -0.4 is 5.32 Å². The van der Waals surface area contributed by atoms with E-state index in [9.17, 15) is 20.0 Å². The molecule has 0 bridgehead atoms. The molecule has 0 fully saturated rings. The maximum absolute atomic E-state index is 11.9. The molecule has 0 saturated carbocycles. The van der Waals surface area contributed by atoms with E-state index in [1.807, 2.05) is 0 Å². The monoisotopic (exact) mass is 291 g/mol. The van der Waals surface area contributed by atoms with Gasteiger partial charge in [-0.15, -0.1) is 10.2 Å². The molecular formula is C12H13N5O4. The van der Waals surface area contributed by atoms with Crippen LogP contribution >= 0.6 is 0 Å². The van der Waals surface area contributed by atoms with Gasteiger partial charge in [0.2, 0.25) is 5.75 Å². The number of carbonyl (C=O) groups excluding carboxylic acids is 1. The van der Waals surface area contributed by atoms with E-state index in [0.29, 0.717) is 12.2 Å². The second-order valence-corrected chi connectivity index (χ2v) is 4.29. The molecule has 0 unspecified atom stereocenters. The largest absolute Gasteiger partial charge is 0.502 e. The highest BCUT2D eigenvalue weighted by atomic mass is 16.6. The van der Waals surface area contributed by atoms with Crippen molar-refractivity contribution in [2.24, 2.45) is 7.05 Å². The number of nitrogens with one attached hydrogen (secondary N) is 1. The molecule has 2 N–H and O–H groups in total. The fourth-order valence-corrected chi connectivity index (χ4v) is 1.78. The quantitative estimate of drug-likeness (QED) is 0.607. The zero-order chi connectivity index (χ0) is 15.4. The summed E-state index contributed by atoms with van der Waals surface area (Å²) >= 11 is 0. The average molecular weight is 291 g/mol. The molecule has 1 heterocycles. The highest BCUT2D eigenvalue weighted by Crippen LogP contribution is 2.28. The molecule has 0 radical (unpaired) electrons. The second kappa shape index (κ2) is 5.99. The number of amides is 1. The molecule has 21 heavy (non-hydrogen) atoms. The van der Waals surface area contributed by atoms with E-state index in [1.165, 1.54) is 12.1 Å². The number of carbonyl (C=O) groups is 1. The van der Waals surface area contributed by atoms with Crippen LogP contribution in [0.4, 0.5) is 5.69 Å². The molecule has 2 rings (SSSR count). The van der Waals surface area contributed by atoms with Gasteiger partial charge in [-0.25, -0.2) is 0 Å². The number of aromatic nitrogens is 3. The van der Waals surface area contributed by atoms with Gasteiger partial charge >= 0.3 is 5.69 Å². The Kier molecular flexibility index (Phi) is 4.12. The number of hydrogen-bond donors (Lipinski definition) is 2. The van der Waals surface area contributed by atoms with Crippen LogP contribution in [0, 0.1) is 10.1 Å². The predicted octanol–water partition coefficient (Wildman–Crippen LogP) is 0.401. The summed E-state index contributed by atoms with van der Waals surface area (Å²) in [5.41, 5.74) is -0.641.